The highest BCUT2D eigenvalue weighted by Gasteiger charge is 2.29. The first-order valence-electron chi connectivity index (χ1n) is 6.64. The Morgan fingerprint density at radius 2 is 2.26 bits per heavy atom. The van der Waals surface area contributed by atoms with Crippen LogP contribution in [0.2, 0.25) is 0 Å². The molecule has 1 aliphatic rings. The fraction of sp³-hybridized carbons (Fsp3) is 0.500. The number of phenolic OH excluding ortho intramolecular Hbond substituents is 1. The molecule has 2 rings (SSSR count). The van der Waals surface area contributed by atoms with Gasteiger partial charge < -0.3 is 20.8 Å². The van der Waals surface area contributed by atoms with Crippen LogP contribution in [0.5, 0.6) is 5.75 Å². The molecule has 1 aromatic carbocycles. The minimum atomic E-state index is -0.131. The van der Waals surface area contributed by atoms with Crippen molar-refractivity contribution in [2.45, 2.75) is 31.7 Å². The summed E-state index contributed by atoms with van der Waals surface area (Å²) in [5, 5.41) is 18.4. The standard InChI is InChI=1S/C14H20N2O3/c15-13-6-5-11(18)9-12(13)14(19)16-7-1-3-10(16)4-2-8-17/h5-6,9-10,17-18H,1-4,7-8,15H2. The number of aromatic hydroxyl groups is 1. The highest BCUT2D eigenvalue weighted by molar-refractivity contribution is 5.99. The van der Waals surface area contributed by atoms with E-state index in [2.05, 4.69) is 0 Å². The van der Waals surface area contributed by atoms with Crippen LogP contribution >= 0.6 is 0 Å². The number of nitrogens with zero attached hydrogens (tertiary/aromatic N) is 1. The molecule has 1 aromatic rings. The molecule has 1 aliphatic heterocycles. The Kier molecular flexibility index (Phi) is 4.27. The summed E-state index contributed by atoms with van der Waals surface area (Å²) in [6, 6.07) is 4.60. The lowest BCUT2D eigenvalue weighted by molar-refractivity contribution is 0.0725. The number of likely N-dealkylation sites (tertiary alicyclic amines) is 1. The molecule has 1 unspecified atom stereocenters. The molecule has 0 saturated carbocycles. The number of benzene rings is 1. The third kappa shape index (κ3) is 2.98. The van der Waals surface area contributed by atoms with Gasteiger partial charge in [-0.25, -0.2) is 0 Å². The molecule has 1 amide bonds. The quantitative estimate of drug-likeness (QED) is 0.566. The van der Waals surface area contributed by atoms with E-state index in [1.807, 2.05) is 0 Å². The highest BCUT2D eigenvalue weighted by Crippen LogP contribution is 2.27. The monoisotopic (exact) mass is 264 g/mol. The van der Waals surface area contributed by atoms with Crippen LogP contribution in [0.4, 0.5) is 5.69 Å². The third-order valence-electron chi connectivity index (χ3n) is 3.60. The van der Waals surface area contributed by atoms with Gasteiger partial charge in [-0.05, 0) is 43.9 Å². The van der Waals surface area contributed by atoms with E-state index in [1.165, 1.54) is 12.1 Å². The highest BCUT2D eigenvalue weighted by atomic mass is 16.3. The van der Waals surface area contributed by atoms with Crippen molar-refractivity contribution in [1.82, 2.24) is 4.90 Å². The Morgan fingerprint density at radius 3 is 3.00 bits per heavy atom. The molecule has 5 heteroatoms. The van der Waals surface area contributed by atoms with E-state index in [0.29, 0.717) is 24.2 Å². The maximum Gasteiger partial charge on any atom is 0.256 e. The van der Waals surface area contributed by atoms with Gasteiger partial charge in [-0.1, -0.05) is 0 Å². The molecule has 1 heterocycles. The number of anilines is 1. The molecule has 4 N–H and O–H groups in total. The fourth-order valence-corrected chi connectivity index (χ4v) is 2.61. The summed E-state index contributed by atoms with van der Waals surface area (Å²) in [4.78, 5) is 14.3. The van der Waals surface area contributed by atoms with Crippen LogP contribution in [-0.4, -0.2) is 40.2 Å². The maximum atomic E-state index is 12.5. The summed E-state index contributed by atoms with van der Waals surface area (Å²) >= 11 is 0. The second-order valence-electron chi connectivity index (χ2n) is 4.93. The molecule has 1 saturated heterocycles. The lowest BCUT2D eigenvalue weighted by Crippen LogP contribution is -2.36. The van der Waals surface area contributed by atoms with Gasteiger partial charge in [0, 0.05) is 24.9 Å². The minimum Gasteiger partial charge on any atom is -0.508 e. The van der Waals surface area contributed by atoms with Crippen molar-refractivity contribution >= 4 is 11.6 Å². The second kappa shape index (κ2) is 5.93. The minimum absolute atomic E-state index is 0.0451. The molecule has 0 spiro atoms. The number of hydrogen-bond donors (Lipinski definition) is 3. The van der Waals surface area contributed by atoms with Gasteiger partial charge in [0.2, 0.25) is 0 Å². The van der Waals surface area contributed by atoms with E-state index in [1.54, 1.807) is 11.0 Å². The normalized spacial score (nSPS) is 18.8. The van der Waals surface area contributed by atoms with Gasteiger partial charge >= 0.3 is 0 Å². The fourth-order valence-electron chi connectivity index (χ4n) is 2.61. The first-order valence-corrected chi connectivity index (χ1v) is 6.64. The Morgan fingerprint density at radius 1 is 1.47 bits per heavy atom. The molecule has 0 aliphatic carbocycles. The lowest BCUT2D eigenvalue weighted by atomic mass is 10.1. The van der Waals surface area contributed by atoms with Crippen molar-refractivity contribution in [2.24, 2.45) is 0 Å². The number of nitrogen functional groups attached to an aromatic ring is 1. The van der Waals surface area contributed by atoms with Crippen molar-refractivity contribution in [1.29, 1.82) is 0 Å². The van der Waals surface area contributed by atoms with Crippen molar-refractivity contribution in [3.8, 4) is 5.75 Å². The summed E-state index contributed by atoms with van der Waals surface area (Å²) in [7, 11) is 0. The molecule has 1 atom stereocenters. The van der Waals surface area contributed by atoms with Crippen molar-refractivity contribution in [3.63, 3.8) is 0 Å². The largest absolute Gasteiger partial charge is 0.508 e. The first-order chi connectivity index (χ1) is 9.13. The van der Waals surface area contributed by atoms with Gasteiger partial charge in [-0.15, -0.1) is 0 Å². The number of amides is 1. The van der Waals surface area contributed by atoms with Crippen molar-refractivity contribution in [2.75, 3.05) is 18.9 Å². The number of hydrogen-bond acceptors (Lipinski definition) is 4. The SMILES string of the molecule is Nc1ccc(O)cc1C(=O)N1CCCC1CCCO. The predicted octanol–water partition coefficient (Wildman–Crippen LogP) is 1.35. The van der Waals surface area contributed by atoms with Crippen LogP contribution in [0.15, 0.2) is 18.2 Å². The first kappa shape index (κ1) is 13.7. The molecule has 0 aromatic heterocycles. The van der Waals surface area contributed by atoms with Crippen LogP contribution in [0, 0.1) is 0 Å². The molecule has 19 heavy (non-hydrogen) atoms. The topological polar surface area (TPSA) is 86.8 Å². The van der Waals surface area contributed by atoms with Crippen LogP contribution < -0.4 is 5.73 Å². The van der Waals surface area contributed by atoms with Crippen LogP contribution in [-0.2, 0) is 0 Å². The molecule has 1 fully saturated rings. The number of aliphatic hydroxyl groups excluding tert-OH is 1. The summed E-state index contributed by atoms with van der Waals surface area (Å²) < 4.78 is 0. The van der Waals surface area contributed by atoms with E-state index in [9.17, 15) is 9.90 Å². The van der Waals surface area contributed by atoms with E-state index < -0.39 is 0 Å². The molecule has 0 radical (unpaired) electrons. The van der Waals surface area contributed by atoms with Gasteiger partial charge in [-0.2, -0.15) is 0 Å². The van der Waals surface area contributed by atoms with Gasteiger partial charge in [0.1, 0.15) is 5.75 Å². The number of carbonyl (C=O) groups is 1. The van der Waals surface area contributed by atoms with Crippen molar-refractivity contribution in [3.05, 3.63) is 23.8 Å². The Labute approximate surface area is 112 Å². The zero-order valence-corrected chi connectivity index (χ0v) is 10.9. The molecular formula is C14H20N2O3. The smallest absolute Gasteiger partial charge is 0.256 e. The van der Waals surface area contributed by atoms with Gasteiger partial charge in [0.15, 0.2) is 0 Å². The van der Waals surface area contributed by atoms with E-state index in [4.69, 9.17) is 10.8 Å². The van der Waals surface area contributed by atoms with Gasteiger partial charge in [0.25, 0.3) is 5.91 Å². The average molecular weight is 264 g/mol. The summed E-state index contributed by atoms with van der Waals surface area (Å²) in [5.74, 6) is -0.0857. The number of aliphatic hydroxyl groups is 1. The number of rotatable bonds is 4. The summed E-state index contributed by atoms with van der Waals surface area (Å²) in [6.07, 6.45) is 3.44. The van der Waals surface area contributed by atoms with Crippen LogP contribution in [0.25, 0.3) is 0 Å². The zero-order valence-electron chi connectivity index (χ0n) is 10.9. The molecule has 0 bridgehead atoms. The lowest BCUT2D eigenvalue weighted by Gasteiger charge is -2.25. The molecular weight excluding hydrogens is 244 g/mol. The van der Waals surface area contributed by atoms with Crippen molar-refractivity contribution < 1.29 is 15.0 Å². The van der Waals surface area contributed by atoms with E-state index >= 15 is 0 Å². The Bertz CT molecular complexity index is 462. The summed E-state index contributed by atoms with van der Waals surface area (Å²) in [5.41, 5.74) is 6.55. The van der Waals surface area contributed by atoms with Crippen LogP contribution in [0.3, 0.4) is 0 Å². The average Bonchev–Trinajstić information content (AvgIpc) is 2.86. The van der Waals surface area contributed by atoms with E-state index in [-0.39, 0.29) is 24.3 Å². The molecule has 5 nitrogen and oxygen atoms in total. The Hall–Kier alpha value is -1.75. The van der Waals surface area contributed by atoms with E-state index in [0.717, 1.165) is 19.3 Å². The zero-order chi connectivity index (χ0) is 13.8. The second-order valence-corrected chi connectivity index (χ2v) is 4.93. The predicted molar refractivity (Wildman–Crippen MR) is 72.9 cm³/mol. The summed E-state index contributed by atoms with van der Waals surface area (Å²) in [6.45, 7) is 0.858. The number of nitrogens with two attached hydrogens (primary N) is 1. The van der Waals surface area contributed by atoms with Gasteiger partial charge in [0.05, 0.1) is 5.56 Å². The Balaban J connectivity index is 2.16. The maximum absolute atomic E-state index is 12.5. The van der Waals surface area contributed by atoms with Crippen LogP contribution in [0.1, 0.15) is 36.0 Å². The number of phenols is 1. The molecule has 104 valence electrons. The van der Waals surface area contributed by atoms with Gasteiger partial charge in [-0.3, -0.25) is 4.79 Å². The number of carbonyl (C=O) groups excluding carboxylic acids is 1. The third-order valence-corrected chi connectivity index (χ3v) is 3.60.